The number of rotatable bonds is 3. The van der Waals surface area contributed by atoms with E-state index in [1.165, 1.54) is 0 Å². The molecule has 0 bridgehead atoms. The summed E-state index contributed by atoms with van der Waals surface area (Å²) in [4.78, 5) is 12.8. The third kappa shape index (κ3) is 3.28. The maximum atomic E-state index is 11.8. The molecule has 1 aromatic heterocycles. The summed E-state index contributed by atoms with van der Waals surface area (Å²) in [5.74, 6) is -0.0190. The number of ketones is 1. The first-order valence-electron chi connectivity index (χ1n) is 4.98. The van der Waals surface area contributed by atoms with Gasteiger partial charge in [-0.3, -0.25) is 4.79 Å². The summed E-state index contributed by atoms with van der Waals surface area (Å²) < 4.78 is 1.05. The van der Waals surface area contributed by atoms with Gasteiger partial charge in [-0.25, -0.2) is 0 Å². The summed E-state index contributed by atoms with van der Waals surface area (Å²) in [7, 11) is 0. The third-order valence-electron chi connectivity index (χ3n) is 2.19. The number of nitrogens with two attached hydrogens (primary N) is 1. The van der Waals surface area contributed by atoms with Crippen molar-refractivity contribution >= 4 is 44.8 Å². The number of carbonyl (C=O) groups excluding carboxylic acids is 1. The van der Waals surface area contributed by atoms with E-state index in [9.17, 15) is 4.79 Å². The predicted molar refractivity (Wildman–Crippen MR) is 76.2 cm³/mol. The summed E-state index contributed by atoms with van der Waals surface area (Å²) in [6.07, 6.45) is 3.39. The molecule has 0 aliphatic heterocycles. The van der Waals surface area contributed by atoms with Gasteiger partial charge >= 0.3 is 0 Å². The maximum Gasteiger partial charge on any atom is 0.185 e. The lowest BCUT2D eigenvalue weighted by atomic mass is 10.1. The van der Waals surface area contributed by atoms with E-state index in [1.54, 1.807) is 41.7 Å². The van der Waals surface area contributed by atoms with Gasteiger partial charge < -0.3 is 5.73 Å². The standard InChI is InChI=1S/C13H10BrNOS/c14-13-8-6-11(17-13)5-7-12(16)9-1-3-10(15)4-2-9/h1-8H,15H2. The number of anilines is 1. The van der Waals surface area contributed by atoms with Gasteiger partial charge in [0.25, 0.3) is 0 Å². The van der Waals surface area contributed by atoms with Gasteiger partial charge in [-0.15, -0.1) is 11.3 Å². The Balaban J connectivity index is 2.11. The minimum absolute atomic E-state index is 0.0190. The molecule has 1 aromatic carbocycles. The van der Waals surface area contributed by atoms with Crippen molar-refractivity contribution in [3.63, 3.8) is 0 Å². The Hall–Kier alpha value is -1.39. The van der Waals surface area contributed by atoms with Crippen molar-refractivity contribution in [3.05, 3.63) is 56.7 Å². The molecule has 86 valence electrons. The van der Waals surface area contributed by atoms with Crippen molar-refractivity contribution in [2.45, 2.75) is 0 Å². The number of carbonyl (C=O) groups is 1. The Morgan fingerprint density at radius 2 is 1.88 bits per heavy atom. The Kier molecular flexibility index (Phi) is 3.76. The minimum Gasteiger partial charge on any atom is -0.399 e. The molecule has 0 fully saturated rings. The van der Waals surface area contributed by atoms with Gasteiger partial charge in [0.2, 0.25) is 0 Å². The SMILES string of the molecule is Nc1ccc(C(=O)C=Cc2ccc(Br)s2)cc1. The highest BCUT2D eigenvalue weighted by molar-refractivity contribution is 9.11. The highest BCUT2D eigenvalue weighted by atomic mass is 79.9. The third-order valence-corrected chi connectivity index (χ3v) is 3.78. The minimum atomic E-state index is -0.0190. The van der Waals surface area contributed by atoms with Crippen molar-refractivity contribution in [1.82, 2.24) is 0 Å². The first-order valence-corrected chi connectivity index (χ1v) is 6.59. The van der Waals surface area contributed by atoms with Crippen LogP contribution in [0.4, 0.5) is 5.69 Å². The van der Waals surface area contributed by atoms with E-state index in [0.29, 0.717) is 11.3 Å². The normalized spacial score (nSPS) is 10.9. The Labute approximate surface area is 112 Å². The second-order valence-corrected chi connectivity index (χ2v) is 5.96. The second-order valence-electron chi connectivity index (χ2n) is 3.46. The van der Waals surface area contributed by atoms with Crippen LogP contribution in [0, 0.1) is 0 Å². The van der Waals surface area contributed by atoms with Crippen LogP contribution in [0.15, 0.2) is 46.3 Å². The average Bonchev–Trinajstić information content (AvgIpc) is 2.73. The van der Waals surface area contributed by atoms with Crippen LogP contribution >= 0.6 is 27.3 Å². The van der Waals surface area contributed by atoms with Gasteiger partial charge in [0.15, 0.2) is 5.78 Å². The van der Waals surface area contributed by atoms with E-state index in [2.05, 4.69) is 15.9 Å². The number of thiophene rings is 1. The summed E-state index contributed by atoms with van der Waals surface area (Å²) >= 11 is 4.96. The number of hydrogen-bond donors (Lipinski definition) is 1. The van der Waals surface area contributed by atoms with E-state index >= 15 is 0 Å². The number of hydrogen-bond acceptors (Lipinski definition) is 3. The monoisotopic (exact) mass is 307 g/mol. The largest absolute Gasteiger partial charge is 0.399 e. The van der Waals surface area contributed by atoms with E-state index in [1.807, 2.05) is 18.2 Å². The highest BCUT2D eigenvalue weighted by Crippen LogP contribution is 2.23. The van der Waals surface area contributed by atoms with Crippen LogP contribution in [0.5, 0.6) is 0 Å². The Morgan fingerprint density at radius 3 is 2.47 bits per heavy atom. The fourth-order valence-electron chi connectivity index (χ4n) is 1.32. The summed E-state index contributed by atoms with van der Waals surface area (Å²) in [5.41, 5.74) is 6.87. The molecule has 2 aromatic rings. The Morgan fingerprint density at radius 1 is 1.18 bits per heavy atom. The number of nitrogen functional groups attached to an aromatic ring is 1. The van der Waals surface area contributed by atoms with Crippen LogP contribution in [-0.2, 0) is 0 Å². The molecule has 4 heteroatoms. The summed E-state index contributed by atoms with van der Waals surface area (Å²) in [6.45, 7) is 0. The van der Waals surface area contributed by atoms with E-state index in [-0.39, 0.29) is 5.78 Å². The molecule has 0 radical (unpaired) electrons. The highest BCUT2D eigenvalue weighted by Gasteiger charge is 2.01. The van der Waals surface area contributed by atoms with Crippen LogP contribution in [-0.4, -0.2) is 5.78 Å². The first-order chi connectivity index (χ1) is 8.15. The lowest BCUT2D eigenvalue weighted by Gasteiger charge is -1.96. The number of benzene rings is 1. The van der Waals surface area contributed by atoms with Crippen molar-refractivity contribution in [3.8, 4) is 0 Å². The zero-order valence-electron chi connectivity index (χ0n) is 8.89. The average molecular weight is 308 g/mol. The zero-order chi connectivity index (χ0) is 12.3. The molecule has 17 heavy (non-hydrogen) atoms. The van der Waals surface area contributed by atoms with Gasteiger partial charge in [-0.2, -0.15) is 0 Å². The van der Waals surface area contributed by atoms with Crippen LogP contribution in [0.1, 0.15) is 15.2 Å². The summed E-state index contributed by atoms with van der Waals surface area (Å²) in [5, 5.41) is 0. The van der Waals surface area contributed by atoms with Gasteiger partial charge in [0, 0.05) is 16.1 Å². The second kappa shape index (κ2) is 5.29. The van der Waals surface area contributed by atoms with Crippen molar-refractivity contribution < 1.29 is 4.79 Å². The first kappa shape index (κ1) is 12.1. The smallest absolute Gasteiger partial charge is 0.185 e. The number of halogens is 1. The van der Waals surface area contributed by atoms with E-state index < -0.39 is 0 Å². The van der Waals surface area contributed by atoms with Crippen molar-refractivity contribution in [2.75, 3.05) is 5.73 Å². The predicted octanol–water partition coefficient (Wildman–Crippen LogP) is 3.99. The zero-order valence-corrected chi connectivity index (χ0v) is 11.3. The molecule has 0 aliphatic rings. The van der Waals surface area contributed by atoms with Crippen LogP contribution < -0.4 is 5.73 Å². The van der Waals surface area contributed by atoms with Crippen LogP contribution in [0.25, 0.3) is 6.08 Å². The Bertz CT molecular complexity index is 557. The molecule has 0 saturated heterocycles. The molecular formula is C13H10BrNOS. The van der Waals surface area contributed by atoms with Crippen LogP contribution in [0.3, 0.4) is 0 Å². The molecule has 0 spiro atoms. The number of allylic oxidation sites excluding steroid dienone is 1. The van der Waals surface area contributed by atoms with Gasteiger partial charge in [-0.05, 0) is 64.5 Å². The topological polar surface area (TPSA) is 43.1 Å². The van der Waals surface area contributed by atoms with Gasteiger partial charge in [0.1, 0.15) is 0 Å². The maximum absolute atomic E-state index is 11.8. The molecule has 0 atom stereocenters. The molecule has 0 saturated carbocycles. The van der Waals surface area contributed by atoms with Crippen molar-refractivity contribution in [2.24, 2.45) is 0 Å². The molecule has 2 rings (SSSR count). The quantitative estimate of drug-likeness (QED) is 0.529. The molecule has 2 nitrogen and oxygen atoms in total. The van der Waals surface area contributed by atoms with Crippen LogP contribution in [0.2, 0.25) is 0 Å². The lowest BCUT2D eigenvalue weighted by molar-refractivity contribution is 0.104. The molecule has 0 amide bonds. The van der Waals surface area contributed by atoms with Gasteiger partial charge in [0.05, 0.1) is 3.79 Å². The summed E-state index contributed by atoms with van der Waals surface area (Å²) in [6, 6.07) is 10.8. The molecule has 1 heterocycles. The lowest BCUT2D eigenvalue weighted by Crippen LogP contribution is -1.94. The fraction of sp³-hybridized carbons (Fsp3) is 0. The molecular weight excluding hydrogens is 298 g/mol. The fourth-order valence-corrected chi connectivity index (χ4v) is 2.65. The van der Waals surface area contributed by atoms with Gasteiger partial charge in [-0.1, -0.05) is 0 Å². The van der Waals surface area contributed by atoms with Crippen molar-refractivity contribution in [1.29, 1.82) is 0 Å². The molecule has 0 aliphatic carbocycles. The van der Waals surface area contributed by atoms with E-state index in [4.69, 9.17) is 5.73 Å². The molecule has 0 unspecified atom stereocenters. The van der Waals surface area contributed by atoms with E-state index in [0.717, 1.165) is 8.66 Å². The molecule has 2 N–H and O–H groups in total.